The molecule has 3 N–H and O–H groups in total. The van der Waals surface area contributed by atoms with Crippen LogP contribution in [0.1, 0.15) is 36.2 Å². The number of rotatable bonds is 3. The summed E-state index contributed by atoms with van der Waals surface area (Å²) in [5.74, 6) is 0.198. The van der Waals surface area contributed by atoms with Gasteiger partial charge in [-0.2, -0.15) is 5.10 Å². The van der Waals surface area contributed by atoms with Crippen LogP contribution in [0.4, 0.5) is 10.6 Å². The van der Waals surface area contributed by atoms with E-state index in [4.69, 9.17) is 0 Å². The first-order chi connectivity index (χ1) is 10.7. The van der Waals surface area contributed by atoms with Gasteiger partial charge in [0.05, 0.1) is 6.20 Å². The highest BCUT2D eigenvalue weighted by atomic mass is 16.2. The van der Waals surface area contributed by atoms with Crippen molar-refractivity contribution < 1.29 is 9.59 Å². The molecule has 0 atom stereocenters. The summed E-state index contributed by atoms with van der Waals surface area (Å²) in [7, 11) is 1.52. The van der Waals surface area contributed by atoms with Crippen LogP contribution < -0.4 is 16.0 Å². The van der Waals surface area contributed by atoms with E-state index in [2.05, 4.69) is 26.0 Å². The van der Waals surface area contributed by atoms with Crippen LogP contribution in [0.25, 0.3) is 5.65 Å². The topological polar surface area (TPSA) is 100 Å². The normalized spacial score (nSPS) is 15.0. The third-order valence-corrected chi connectivity index (χ3v) is 3.71. The predicted octanol–water partition coefficient (Wildman–Crippen LogP) is 1.15. The van der Waals surface area contributed by atoms with Crippen LogP contribution in [0.3, 0.4) is 0 Å². The minimum absolute atomic E-state index is 0.177. The van der Waals surface area contributed by atoms with Gasteiger partial charge in [0.25, 0.3) is 5.91 Å². The van der Waals surface area contributed by atoms with Crippen LogP contribution in [-0.4, -0.2) is 39.6 Å². The van der Waals surface area contributed by atoms with E-state index in [9.17, 15) is 9.59 Å². The Kier molecular flexibility index (Phi) is 3.90. The molecule has 0 aliphatic heterocycles. The number of imidazole rings is 1. The molecule has 116 valence electrons. The number of anilines is 1. The Bertz CT molecular complexity index is 704. The average molecular weight is 302 g/mol. The molecule has 0 saturated heterocycles. The number of amides is 3. The number of fused-ring (bicyclic) bond motifs is 1. The van der Waals surface area contributed by atoms with Gasteiger partial charge in [-0.1, -0.05) is 12.8 Å². The number of carbonyl (C=O) groups is 2. The van der Waals surface area contributed by atoms with Crippen molar-refractivity contribution in [3.05, 3.63) is 24.0 Å². The molecule has 0 radical (unpaired) electrons. The van der Waals surface area contributed by atoms with Gasteiger partial charge >= 0.3 is 6.03 Å². The molecule has 1 fully saturated rings. The van der Waals surface area contributed by atoms with Gasteiger partial charge in [-0.15, -0.1) is 0 Å². The van der Waals surface area contributed by atoms with E-state index >= 15 is 0 Å². The van der Waals surface area contributed by atoms with E-state index in [0.717, 1.165) is 25.7 Å². The largest absolute Gasteiger partial charge is 0.348 e. The van der Waals surface area contributed by atoms with Gasteiger partial charge in [-0.25, -0.2) is 14.3 Å². The average Bonchev–Trinajstić information content (AvgIpc) is 3.14. The van der Waals surface area contributed by atoms with Crippen molar-refractivity contribution >= 4 is 23.4 Å². The zero-order valence-corrected chi connectivity index (χ0v) is 12.3. The minimum atomic E-state index is -0.359. The van der Waals surface area contributed by atoms with Crippen molar-refractivity contribution in [2.24, 2.45) is 0 Å². The molecule has 8 heteroatoms. The van der Waals surface area contributed by atoms with Crippen molar-refractivity contribution in [3.63, 3.8) is 0 Å². The molecule has 0 aromatic carbocycles. The third-order valence-electron chi connectivity index (χ3n) is 3.71. The van der Waals surface area contributed by atoms with Crippen molar-refractivity contribution in [3.8, 4) is 0 Å². The second kappa shape index (κ2) is 6.00. The van der Waals surface area contributed by atoms with Crippen molar-refractivity contribution in [2.75, 3.05) is 12.4 Å². The fourth-order valence-electron chi connectivity index (χ4n) is 2.57. The summed E-state index contributed by atoms with van der Waals surface area (Å²) in [6.45, 7) is 0. The molecular weight excluding hydrogens is 284 g/mol. The van der Waals surface area contributed by atoms with Crippen LogP contribution in [0, 0.1) is 0 Å². The SMILES string of the molecule is CNC(=O)Nc1cn2nc(C(=O)NC3CCCC3)ccc2n1. The van der Waals surface area contributed by atoms with Crippen molar-refractivity contribution in [2.45, 2.75) is 31.7 Å². The number of urea groups is 1. The Hall–Kier alpha value is -2.64. The Balaban J connectivity index is 1.76. The monoisotopic (exact) mass is 302 g/mol. The highest BCUT2D eigenvalue weighted by Gasteiger charge is 2.19. The lowest BCUT2D eigenvalue weighted by Crippen LogP contribution is -2.33. The molecule has 1 aliphatic carbocycles. The van der Waals surface area contributed by atoms with Crippen molar-refractivity contribution in [1.82, 2.24) is 25.2 Å². The highest BCUT2D eigenvalue weighted by molar-refractivity contribution is 5.92. The number of hydrogen-bond donors (Lipinski definition) is 3. The number of nitrogens with zero attached hydrogens (tertiary/aromatic N) is 3. The lowest BCUT2D eigenvalue weighted by molar-refractivity contribution is 0.0931. The molecule has 22 heavy (non-hydrogen) atoms. The molecular formula is C14H18N6O2. The van der Waals surface area contributed by atoms with Crippen LogP contribution in [0.2, 0.25) is 0 Å². The first-order valence-electron chi connectivity index (χ1n) is 7.32. The minimum Gasteiger partial charge on any atom is -0.348 e. The Morgan fingerprint density at radius 3 is 2.77 bits per heavy atom. The number of carbonyl (C=O) groups excluding carboxylic acids is 2. The summed E-state index contributed by atoms with van der Waals surface area (Å²) < 4.78 is 1.48. The molecule has 2 aromatic rings. The quantitative estimate of drug-likeness (QED) is 0.791. The summed E-state index contributed by atoms with van der Waals surface area (Å²) >= 11 is 0. The molecule has 0 bridgehead atoms. The van der Waals surface area contributed by atoms with Gasteiger partial charge in [0.15, 0.2) is 11.5 Å². The maximum Gasteiger partial charge on any atom is 0.320 e. The lowest BCUT2D eigenvalue weighted by atomic mass is 10.2. The van der Waals surface area contributed by atoms with Gasteiger partial charge in [0.2, 0.25) is 0 Å². The molecule has 2 aromatic heterocycles. The van der Waals surface area contributed by atoms with Crippen LogP contribution >= 0.6 is 0 Å². The second-order valence-electron chi connectivity index (χ2n) is 5.31. The number of aromatic nitrogens is 3. The van der Waals surface area contributed by atoms with Gasteiger partial charge in [0.1, 0.15) is 5.69 Å². The molecule has 3 rings (SSSR count). The second-order valence-corrected chi connectivity index (χ2v) is 5.31. The van der Waals surface area contributed by atoms with E-state index in [1.54, 1.807) is 18.3 Å². The summed E-state index contributed by atoms with van der Waals surface area (Å²) in [6.07, 6.45) is 5.94. The third kappa shape index (κ3) is 3.00. The van der Waals surface area contributed by atoms with E-state index in [0.29, 0.717) is 17.2 Å². The zero-order chi connectivity index (χ0) is 15.5. The van der Waals surface area contributed by atoms with Crippen molar-refractivity contribution in [1.29, 1.82) is 0 Å². The summed E-state index contributed by atoms with van der Waals surface area (Å²) in [6, 6.07) is 3.22. The molecule has 0 spiro atoms. The molecule has 8 nitrogen and oxygen atoms in total. The Labute approximate surface area is 127 Å². The predicted molar refractivity (Wildman–Crippen MR) is 80.8 cm³/mol. The maximum atomic E-state index is 12.2. The Morgan fingerprint density at radius 2 is 2.05 bits per heavy atom. The molecule has 3 amide bonds. The molecule has 0 unspecified atom stereocenters. The van der Waals surface area contributed by atoms with Crippen LogP contribution in [0.5, 0.6) is 0 Å². The molecule has 1 saturated carbocycles. The molecule has 2 heterocycles. The number of nitrogens with one attached hydrogen (secondary N) is 3. The van der Waals surface area contributed by atoms with Gasteiger partial charge in [0, 0.05) is 13.1 Å². The summed E-state index contributed by atoms with van der Waals surface area (Å²) in [5.41, 5.74) is 0.895. The summed E-state index contributed by atoms with van der Waals surface area (Å²) in [5, 5.41) is 12.2. The first kappa shape index (κ1) is 14.3. The van der Waals surface area contributed by atoms with Gasteiger partial charge < -0.3 is 10.6 Å². The smallest absolute Gasteiger partial charge is 0.320 e. The van der Waals surface area contributed by atoms with E-state index in [1.807, 2.05) is 0 Å². The van der Waals surface area contributed by atoms with Crippen LogP contribution in [-0.2, 0) is 0 Å². The van der Waals surface area contributed by atoms with E-state index in [1.165, 1.54) is 11.6 Å². The molecule has 1 aliphatic rings. The lowest BCUT2D eigenvalue weighted by Gasteiger charge is -2.11. The zero-order valence-electron chi connectivity index (χ0n) is 12.3. The fourth-order valence-corrected chi connectivity index (χ4v) is 2.57. The first-order valence-corrected chi connectivity index (χ1v) is 7.32. The van der Waals surface area contributed by atoms with Gasteiger partial charge in [-0.05, 0) is 25.0 Å². The summed E-state index contributed by atoms with van der Waals surface area (Å²) in [4.78, 5) is 27.7. The Morgan fingerprint density at radius 1 is 1.27 bits per heavy atom. The van der Waals surface area contributed by atoms with E-state index < -0.39 is 0 Å². The maximum absolute atomic E-state index is 12.2. The fraction of sp³-hybridized carbons (Fsp3) is 0.429. The number of hydrogen-bond acceptors (Lipinski definition) is 4. The van der Waals surface area contributed by atoms with E-state index in [-0.39, 0.29) is 18.0 Å². The standard InChI is InChI=1S/C14H18N6O2/c1-15-14(22)18-11-8-20-12(17-11)7-6-10(19-20)13(21)16-9-4-2-3-5-9/h6-9H,2-5H2,1H3,(H,16,21)(H2,15,18,22). The van der Waals surface area contributed by atoms with Gasteiger partial charge in [-0.3, -0.25) is 10.1 Å². The highest BCUT2D eigenvalue weighted by Crippen LogP contribution is 2.18. The van der Waals surface area contributed by atoms with Crippen LogP contribution in [0.15, 0.2) is 18.3 Å².